The summed E-state index contributed by atoms with van der Waals surface area (Å²) in [7, 11) is 0. The quantitative estimate of drug-likeness (QED) is 0.598. The van der Waals surface area contributed by atoms with Crippen molar-refractivity contribution < 1.29 is 18.5 Å². The van der Waals surface area contributed by atoms with Gasteiger partial charge in [0, 0.05) is 12.2 Å². The number of aryl methyl sites for hydroxylation is 1. The highest BCUT2D eigenvalue weighted by Gasteiger charge is 2.26. The highest BCUT2D eigenvalue weighted by atomic mass is 35.5. The lowest BCUT2D eigenvalue weighted by atomic mass is 10.0. The molecule has 0 aliphatic heterocycles. The molecule has 1 fully saturated rings. The lowest BCUT2D eigenvalue weighted by Crippen LogP contribution is -2.35. The van der Waals surface area contributed by atoms with Crippen molar-refractivity contribution in [3.63, 3.8) is 0 Å². The summed E-state index contributed by atoms with van der Waals surface area (Å²) in [4.78, 5) is 25.1. The second-order valence-electron chi connectivity index (χ2n) is 7.49. The summed E-state index contributed by atoms with van der Waals surface area (Å²) < 4.78 is 20.9. The smallest absolute Gasteiger partial charge is 0.261 e. The number of hydrogen-bond donors (Lipinski definition) is 2. The highest BCUT2D eigenvalue weighted by molar-refractivity contribution is 6.33. The topological polar surface area (TPSA) is 102 Å². The van der Waals surface area contributed by atoms with Gasteiger partial charge in [-0.15, -0.1) is 0 Å². The van der Waals surface area contributed by atoms with Crippen LogP contribution in [-0.4, -0.2) is 32.8 Å². The van der Waals surface area contributed by atoms with Crippen LogP contribution in [-0.2, 0) is 11.3 Å². The van der Waals surface area contributed by atoms with Crippen LogP contribution in [0, 0.1) is 12.7 Å². The number of benzene rings is 1. The van der Waals surface area contributed by atoms with Gasteiger partial charge in [-0.3, -0.25) is 14.3 Å². The van der Waals surface area contributed by atoms with E-state index in [-0.39, 0.29) is 46.1 Å². The first-order valence-corrected chi connectivity index (χ1v) is 10.3. The monoisotopic (exact) mass is 445 g/mol. The van der Waals surface area contributed by atoms with Crippen LogP contribution in [0.2, 0.25) is 5.02 Å². The molecule has 0 unspecified atom stereocenters. The van der Waals surface area contributed by atoms with Crippen LogP contribution in [0.15, 0.2) is 35.1 Å². The number of nitrogens with one attached hydrogen (secondary N) is 2. The molecule has 2 amide bonds. The van der Waals surface area contributed by atoms with Crippen LogP contribution in [0.5, 0.6) is 0 Å². The summed E-state index contributed by atoms with van der Waals surface area (Å²) in [6.45, 7) is 1.60. The molecule has 1 aliphatic carbocycles. The van der Waals surface area contributed by atoms with E-state index >= 15 is 0 Å². The molecule has 8 nitrogen and oxygen atoms in total. The molecule has 0 radical (unpaired) electrons. The van der Waals surface area contributed by atoms with E-state index in [2.05, 4.69) is 20.9 Å². The van der Waals surface area contributed by atoms with Gasteiger partial charge in [-0.1, -0.05) is 35.7 Å². The van der Waals surface area contributed by atoms with Crippen molar-refractivity contribution in [3.8, 4) is 11.3 Å². The maximum atomic E-state index is 14.3. The zero-order valence-corrected chi connectivity index (χ0v) is 17.6. The number of anilines is 1. The van der Waals surface area contributed by atoms with Crippen molar-refractivity contribution in [2.45, 2.75) is 45.2 Å². The third-order valence-electron chi connectivity index (χ3n) is 5.21. The van der Waals surface area contributed by atoms with Crippen molar-refractivity contribution in [1.29, 1.82) is 0 Å². The summed E-state index contributed by atoms with van der Waals surface area (Å²) >= 11 is 6.12. The Balaban J connectivity index is 1.47. The maximum absolute atomic E-state index is 14.3. The second kappa shape index (κ2) is 8.89. The van der Waals surface area contributed by atoms with E-state index in [1.54, 1.807) is 13.1 Å². The number of carbonyl (C=O) groups is 2. The first kappa shape index (κ1) is 21.0. The van der Waals surface area contributed by atoms with Gasteiger partial charge in [0.25, 0.3) is 5.91 Å². The van der Waals surface area contributed by atoms with Crippen molar-refractivity contribution >= 4 is 29.1 Å². The molecule has 0 atom stereocenters. The molecule has 10 heteroatoms. The Morgan fingerprint density at radius 2 is 2.10 bits per heavy atom. The first-order valence-electron chi connectivity index (χ1n) is 9.96. The van der Waals surface area contributed by atoms with E-state index in [1.165, 1.54) is 29.1 Å². The minimum atomic E-state index is -0.615. The Morgan fingerprint density at radius 3 is 2.84 bits per heavy atom. The van der Waals surface area contributed by atoms with Crippen molar-refractivity contribution in [2.75, 3.05) is 5.32 Å². The normalized spacial score (nSPS) is 14.0. The zero-order chi connectivity index (χ0) is 22.0. The van der Waals surface area contributed by atoms with Gasteiger partial charge in [0.15, 0.2) is 0 Å². The van der Waals surface area contributed by atoms with Crippen molar-refractivity contribution in [1.82, 2.24) is 20.3 Å². The van der Waals surface area contributed by atoms with Crippen LogP contribution in [0.1, 0.15) is 41.8 Å². The average Bonchev–Trinajstić information content (AvgIpc) is 3.44. The fourth-order valence-corrected chi connectivity index (χ4v) is 3.99. The minimum Gasteiger partial charge on any atom is -0.360 e. The van der Waals surface area contributed by atoms with Gasteiger partial charge in [0.05, 0.1) is 22.5 Å². The van der Waals surface area contributed by atoms with Crippen LogP contribution >= 0.6 is 11.6 Å². The number of rotatable bonds is 6. The van der Waals surface area contributed by atoms with Crippen LogP contribution in [0.3, 0.4) is 0 Å². The van der Waals surface area contributed by atoms with Gasteiger partial charge >= 0.3 is 0 Å². The molecule has 1 aliphatic rings. The van der Waals surface area contributed by atoms with Gasteiger partial charge in [0.1, 0.15) is 29.4 Å². The molecule has 2 heterocycles. The predicted octanol–water partition coefficient (Wildman–Crippen LogP) is 3.95. The fraction of sp³-hybridized carbons (Fsp3) is 0.333. The van der Waals surface area contributed by atoms with E-state index in [9.17, 15) is 14.0 Å². The van der Waals surface area contributed by atoms with E-state index in [4.69, 9.17) is 16.1 Å². The summed E-state index contributed by atoms with van der Waals surface area (Å²) in [6, 6.07) is 4.42. The predicted molar refractivity (Wildman–Crippen MR) is 112 cm³/mol. The molecule has 31 heavy (non-hydrogen) atoms. The first-order chi connectivity index (χ1) is 14.9. The molecule has 2 aromatic heterocycles. The second-order valence-corrected chi connectivity index (χ2v) is 7.90. The Hall–Kier alpha value is -3.20. The standard InChI is InChI=1S/C21H21ClFN5O3/c1-12-18(20(27-31-12)19-15(22)7-4-8-16(19)23)21(30)26-14-9-24-28(10-14)11-17(29)25-13-5-2-3-6-13/h4,7-10,13H,2-3,5-6,11H2,1H3,(H,25,29)(H,26,30). The number of halogens is 2. The van der Waals surface area contributed by atoms with E-state index in [1.807, 2.05) is 0 Å². The zero-order valence-electron chi connectivity index (χ0n) is 16.8. The fourth-order valence-electron chi connectivity index (χ4n) is 3.73. The molecule has 3 aromatic rings. The van der Waals surface area contributed by atoms with Crippen molar-refractivity contribution in [3.05, 3.63) is 52.8 Å². The number of aromatic nitrogens is 3. The van der Waals surface area contributed by atoms with Crippen LogP contribution in [0.4, 0.5) is 10.1 Å². The molecule has 0 spiro atoms. The van der Waals surface area contributed by atoms with Gasteiger partial charge in [-0.2, -0.15) is 5.10 Å². The third-order valence-corrected chi connectivity index (χ3v) is 5.52. The van der Waals surface area contributed by atoms with E-state index in [0.717, 1.165) is 25.7 Å². The van der Waals surface area contributed by atoms with Crippen molar-refractivity contribution in [2.24, 2.45) is 0 Å². The SMILES string of the molecule is Cc1onc(-c2c(F)cccc2Cl)c1C(=O)Nc1cnn(CC(=O)NC2CCCC2)c1. The van der Waals surface area contributed by atoms with Gasteiger partial charge in [-0.05, 0) is 31.9 Å². The summed E-state index contributed by atoms with van der Waals surface area (Å²) in [6.07, 6.45) is 7.23. The molecule has 4 rings (SSSR count). The molecular weight excluding hydrogens is 425 g/mol. The van der Waals surface area contributed by atoms with Crippen LogP contribution < -0.4 is 10.6 Å². The van der Waals surface area contributed by atoms with E-state index < -0.39 is 11.7 Å². The molecule has 0 bridgehead atoms. The Kier molecular flexibility index (Phi) is 6.03. The third kappa shape index (κ3) is 4.61. The van der Waals surface area contributed by atoms with Gasteiger partial charge in [-0.25, -0.2) is 4.39 Å². The number of amides is 2. The van der Waals surface area contributed by atoms with Gasteiger partial charge < -0.3 is 15.2 Å². The van der Waals surface area contributed by atoms with Gasteiger partial charge in [0.2, 0.25) is 5.91 Å². The number of nitrogens with zero attached hydrogens (tertiary/aromatic N) is 3. The summed E-state index contributed by atoms with van der Waals surface area (Å²) in [5, 5.41) is 13.7. The average molecular weight is 446 g/mol. The Morgan fingerprint density at radius 1 is 1.32 bits per heavy atom. The maximum Gasteiger partial charge on any atom is 0.261 e. The Bertz CT molecular complexity index is 1100. The molecule has 1 saturated carbocycles. The lowest BCUT2D eigenvalue weighted by Gasteiger charge is -2.11. The molecule has 2 N–H and O–H groups in total. The number of hydrogen-bond acceptors (Lipinski definition) is 5. The molecule has 0 saturated heterocycles. The molecular formula is C21H21ClFN5O3. The van der Waals surface area contributed by atoms with Crippen LogP contribution in [0.25, 0.3) is 11.3 Å². The highest BCUT2D eigenvalue weighted by Crippen LogP contribution is 2.33. The summed E-state index contributed by atoms with van der Waals surface area (Å²) in [5.74, 6) is -1.08. The minimum absolute atomic E-state index is 0.00885. The number of carbonyl (C=O) groups excluding carboxylic acids is 2. The van der Waals surface area contributed by atoms with E-state index in [0.29, 0.717) is 5.69 Å². The largest absolute Gasteiger partial charge is 0.360 e. The summed E-state index contributed by atoms with van der Waals surface area (Å²) in [5.41, 5.74) is 0.454. The molecule has 1 aromatic carbocycles. The molecule has 162 valence electrons. The Labute approximate surface area is 182 Å². The lowest BCUT2D eigenvalue weighted by molar-refractivity contribution is -0.122.